The molecule has 0 radical (unpaired) electrons. The molecule has 0 spiro atoms. The average Bonchev–Trinajstić information content (AvgIpc) is 2.95. The summed E-state index contributed by atoms with van der Waals surface area (Å²) in [5.41, 5.74) is 6.04. The van der Waals surface area contributed by atoms with Crippen LogP contribution < -0.4 is 10.6 Å². The number of benzene rings is 1. The van der Waals surface area contributed by atoms with Gasteiger partial charge in [0.15, 0.2) is 0 Å². The highest BCUT2D eigenvalue weighted by atomic mass is 14.9. The molecule has 0 aliphatic heterocycles. The summed E-state index contributed by atoms with van der Waals surface area (Å²) < 4.78 is 2.24. The first kappa shape index (κ1) is 15.2. The molecule has 0 bridgehead atoms. The Labute approximate surface area is 136 Å². The fourth-order valence-electron chi connectivity index (χ4n) is 3.21. The smallest absolute Gasteiger partial charge is 0.0485 e. The average molecular weight is 302 g/mol. The summed E-state index contributed by atoms with van der Waals surface area (Å²) in [7, 11) is 2.11. The van der Waals surface area contributed by atoms with Gasteiger partial charge in [-0.2, -0.15) is 0 Å². The van der Waals surface area contributed by atoms with Gasteiger partial charge in [0.05, 0.1) is 0 Å². The lowest BCUT2D eigenvalue weighted by Gasteiger charge is -2.00. The van der Waals surface area contributed by atoms with Crippen molar-refractivity contribution in [3.63, 3.8) is 0 Å². The Morgan fingerprint density at radius 3 is 2.61 bits per heavy atom. The molecule has 0 atom stereocenters. The van der Waals surface area contributed by atoms with E-state index in [9.17, 15) is 0 Å². The summed E-state index contributed by atoms with van der Waals surface area (Å²) >= 11 is 0. The zero-order valence-corrected chi connectivity index (χ0v) is 14.0. The van der Waals surface area contributed by atoms with Gasteiger partial charge in [-0.05, 0) is 31.6 Å². The number of nitrogens with one attached hydrogen (secondary N) is 1. The molecular formula is C21H22N2. The zero-order chi connectivity index (χ0) is 16.6. The standard InChI is InChI=1S/C21H22N2/c1-6-7-10-18-15(3)22-16(4)19(18)13-21-14(2)17-11-8-9-12-20(17)23(21)5/h6-13,22H,1,4H2,2-3,5H3/b10-7-,19-13+. The predicted molar refractivity (Wildman–Crippen MR) is 101 cm³/mol. The minimum absolute atomic E-state index is 0.941. The molecule has 3 aromatic rings. The van der Waals surface area contributed by atoms with E-state index in [1.54, 1.807) is 6.08 Å². The van der Waals surface area contributed by atoms with Crippen molar-refractivity contribution in [2.45, 2.75) is 13.8 Å². The van der Waals surface area contributed by atoms with Gasteiger partial charge in [-0.1, -0.05) is 49.6 Å². The largest absolute Gasteiger partial charge is 0.359 e. The highest BCUT2D eigenvalue weighted by Crippen LogP contribution is 2.24. The van der Waals surface area contributed by atoms with Gasteiger partial charge in [0.1, 0.15) is 0 Å². The number of rotatable bonds is 3. The van der Waals surface area contributed by atoms with Crippen LogP contribution in [0.25, 0.3) is 29.6 Å². The van der Waals surface area contributed by atoms with E-state index in [1.165, 1.54) is 27.7 Å². The van der Waals surface area contributed by atoms with Gasteiger partial charge in [-0.3, -0.25) is 0 Å². The van der Waals surface area contributed by atoms with E-state index in [-0.39, 0.29) is 0 Å². The highest BCUT2D eigenvalue weighted by Gasteiger charge is 2.10. The summed E-state index contributed by atoms with van der Waals surface area (Å²) in [5, 5.41) is 3.37. The monoisotopic (exact) mass is 302 g/mol. The molecule has 0 fully saturated rings. The van der Waals surface area contributed by atoms with Crippen molar-refractivity contribution in [2.75, 3.05) is 0 Å². The lowest BCUT2D eigenvalue weighted by Crippen LogP contribution is -2.23. The Hall–Kier alpha value is -2.74. The molecule has 0 aliphatic rings. The van der Waals surface area contributed by atoms with Crippen molar-refractivity contribution in [2.24, 2.45) is 7.05 Å². The number of nitrogens with zero attached hydrogens (tertiary/aromatic N) is 1. The molecule has 1 aromatic carbocycles. The van der Waals surface area contributed by atoms with Crippen LogP contribution in [0.15, 0.2) is 43.0 Å². The van der Waals surface area contributed by atoms with Crippen LogP contribution in [-0.2, 0) is 7.05 Å². The van der Waals surface area contributed by atoms with Crippen molar-refractivity contribution in [1.82, 2.24) is 9.55 Å². The topological polar surface area (TPSA) is 20.7 Å². The van der Waals surface area contributed by atoms with Crippen LogP contribution in [0, 0.1) is 13.8 Å². The summed E-state index contributed by atoms with van der Waals surface area (Å²) in [6.07, 6.45) is 8.06. The number of aromatic amines is 1. The number of hydrogen-bond acceptors (Lipinski definition) is 0. The van der Waals surface area contributed by atoms with Crippen molar-refractivity contribution >= 4 is 29.6 Å². The number of aryl methyl sites for hydroxylation is 3. The van der Waals surface area contributed by atoms with E-state index in [2.05, 4.69) is 80.0 Å². The summed E-state index contributed by atoms with van der Waals surface area (Å²) in [4.78, 5) is 3.34. The third-order valence-corrected chi connectivity index (χ3v) is 4.45. The van der Waals surface area contributed by atoms with Crippen LogP contribution in [0.3, 0.4) is 0 Å². The second-order valence-corrected chi connectivity index (χ2v) is 5.88. The Morgan fingerprint density at radius 1 is 1.17 bits per heavy atom. The van der Waals surface area contributed by atoms with Crippen LogP contribution in [0.5, 0.6) is 0 Å². The molecule has 3 rings (SSSR count). The minimum Gasteiger partial charge on any atom is -0.359 e. The molecule has 2 heteroatoms. The number of allylic oxidation sites excluding steroid dienone is 2. The quantitative estimate of drug-likeness (QED) is 0.714. The maximum atomic E-state index is 4.16. The van der Waals surface area contributed by atoms with E-state index in [0.717, 1.165) is 16.3 Å². The van der Waals surface area contributed by atoms with Crippen molar-refractivity contribution in [3.05, 3.63) is 76.1 Å². The van der Waals surface area contributed by atoms with Gasteiger partial charge in [-0.15, -0.1) is 0 Å². The number of fused-ring (bicyclic) bond motifs is 1. The van der Waals surface area contributed by atoms with Gasteiger partial charge < -0.3 is 9.55 Å². The first-order chi connectivity index (χ1) is 11.0. The van der Waals surface area contributed by atoms with Gasteiger partial charge in [-0.25, -0.2) is 0 Å². The van der Waals surface area contributed by atoms with Gasteiger partial charge in [0.2, 0.25) is 0 Å². The lowest BCUT2D eigenvalue weighted by atomic mass is 10.1. The molecule has 2 heterocycles. The van der Waals surface area contributed by atoms with Crippen LogP contribution in [0.4, 0.5) is 0 Å². The second kappa shape index (κ2) is 5.81. The van der Waals surface area contributed by atoms with E-state index < -0.39 is 0 Å². The maximum absolute atomic E-state index is 4.16. The number of H-pyrrole nitrogens is 1. The summed E-state index contributed by atoms with van der Waals surface area (Å²) in [6.45, 7) is 12.2. The van der Waals surface area contributed by atoms with E-state index >= 15 is 0 Å². The molecule has 0 aliphatic carbocycles. The van der Waals surface area contributed by atoms with Crippen LogP contribution in [0.1, 0.15) is 22.5 Å². The molecule has 116 valence electrons. The molecule has 0 saturated heterocycles. The predicted octanol–water partition coefficient (Wildman–Crippen LogP) is 3.56. The number of hydrogen-bond donors (Lipinski definition) is 1. The zero-order valence-electron chi connectivity index (χ0n) is 14.0. The van der Waals surface area contributed by atoms with Gasteiger partial charge >= 0.3 is 0 Å². The third-order valence-electron chi connectivity index (χ3n) is 4.45. The van der Waals surface area contributed by atoms with Crippen molar-refractivity contribution in [3.8, 4) is 0 Å². The van der Waals surface area contributed by atoms with Gasteiger partial charge in [0.25, 0.3) is 0 Å². The minimum atomic E-state index is 0.941. The molecule has 0 saturated carbocycles. The molecule has 2 aromatic heterocycles. The first-order valence-corrected chi connectivity index (χ1v) is 7.77. The van der Waals surface area contributed by atoms with E-state index in [0.29, 0.717) is 0 Å². The lowest BCUT2D eigenvalue weighted by molar-refractivity contribution is 0.947. The molecule has 1 N–H and O–H groups in total. The fourth-order valence-corrected chi connectivity index (χ4v) is 3.21. The van der Waals surface area contributed by atoms with Crippen LogP contribution in [0.2, 0.25) is 0 Å². The van der Waals surface area contributed by atoms with Crippen molar-refractivity contribution in [1.29, 1.82) is 0 Å². The Bertz CT molecular complexity index is 987. The second-order valence-electron chi connectivity index (χ2n) is 5.88. The highest BCUT2D eigenvalue weighted by molar-refractivity contribution is 5.88. The Morgan fingerprint density at radius 2 is 1.91 bits per heavy atom. The molecule has 0 amide bonds. The molecule has 23 heavy (non-hydrogen) atoms. The summed E-state index contributed by atoms with van der Waals surface area (Å²) in [6, 6.07) is 8.50. The van der Waals surface area contributed by atoms with Crippen LogP contribution in [-0.4, -0.2) is 9.55 Å². The maximum Gasteiger partial charge on any atom is 0.0485 e. The molecular weight excluding hydrogens is 280 g/mol. The normalized spacial score (nSPS) is 12.6. The van der Waals surface area contributed by atoms with E-state index in [1.807, 2.05) is 6.08 Å². The van der Waals surface area contributed by atoms with Crippen LogP contribution >= 0.6 is 0 Å². The first-order valence-electron chi connectivity index (χ1n) is 7.77. The Kier molecular flexibility index (Phi) is 3.83. The molecule has 2 nitrogen and oxygen atoms in total. The number of para-hydroxylation sites is 1. The third kappa shape index (κ3) is 2.46. The number of aromatic nitrogens is 2. The van der Waals surface area contributed by atoms with Crippen molar-refractivity contribution < 1.29 is 0 Å². The SMILES string of the molecule is C=C/C=C\c1c(C)[nH]c(=C)/c1=C\c1c(C)c2ccccc2n1C. The fraction of sp³-hybridized carbons (Fsp3) is 0.143. The summed E-state index contributed by atoms with van der Waals surface area (Å²) in [5.74, 6) is 0. The van der Waals surface area contributed by atoms with E-state index in [4.69, 9.17) is 0 Å². The Balaban J connectivity index is 2.34. The van der Waals surface area contributed by atoms with Gasteiger partial charge in [0, 0.05) is 45.5 Å². The molecule has 0 unspecified atom stereocenters.